The van der Waals surface area contributed by atoms with E-state index in [2.05, 4.69) is 30.0 Å². The maximum absolute atomic E-state index is 6.02. The highest BCUT2D eigenvalue weighted by Crippen LogP contribution is 2.33. The maximum Gasteiger partial charge on any atom is 0.199 e. The van der Waals surface area contributed by atoms with Crippen LogP contribution in [0.15, 0.2) is 52.9 Å². The van der Waals surface area contributed by atoms with Gasteiger partial charge in [-0.15, -0.1) is 0 Å². The van der Waals surface area contributed by atoms with Gasteiger partial charge in [0.25, 0.3) is 0 Å². The number of piperidine rings is 1. The lowest BCUT2D eigenvalue weighted by atomic mass is 9.95. The average Bonchev–Trinajstić information content (AvgIpc) is 3.12. The molecule has 1 fully saturated rings. The minimum absolute atomic E-state index is 0.349. The minimum atomic E-state index is 0.349. The average molecular weight is 336 g/mol. The van der Waals surface area contributed by atoms with Gasteiger partial charge in [0.2, 0.25) is 0 Å². The maximum atomic E-state index is 6.02. The number of fused-ring (bicyclic) bond motifs is 1. The Bertz CT molecular complexity index is 825. The molecule has 0 saturated carbocycles. The fourth-order valence-corrected chi connectivity index (χ4v) is 3.74. The van der Waals surface area contributed by atoms with Crippen LogP contribution in [0.4, 0.5) is 0 Å². The van der Waals surface area contributed by atoms with E-state index in [1.165, 1.54) is 5.56 Å². The first-order chi connectivity index (χ1) is 12.2. The van der Waals surface area contributed by atoms with Gasteiger partial charge in [-0.1, -0.05) is 24.3 Å². The molecule has 1 aromatic heterocycles. The van der Waals surface area contributed by atoms with Crippen LogP contribution in [0.25, 0.3) is 11.1 Å². The number of ether oxygens (including phenoxy) is 1. The highest BCUT2D eigenvalue weighted by atomic mass is 16.5. The standard InChI is InChI=1S/C21H24N2O2/c1-15(16-7-5-9-18(13-16)24-2)23-12-6-8-17(14-23)21-22-19-10-3-4-11-20(19)25-21/h3-5,7,9-11,13,15,17H,6,8,12,14H2,1-2H3/t15-,17-/m1/s1. The van der Waals surface area contributed by atoms with Crippen LogP contribution in [-0.2, 0) is 0 Å². The topological polar surface area (TPSA) is 38.5 Å². The summed E-state index contributed by atoms with van der Waals surface area (Å²) in [4.78, 5) is 7.24. The van der Waals surface area contributed by atoms with Crippen molar-refractivity contribution in [1.29, 1.82) is 0 Å². The van der Waals surface area contributed by atoms with E-state index in [-0.39, 0.29) is 0 Å². The van der Waals surface area contributed by atoms with Crippen LogP contribution in [0.5, 0.6) is 5.75 Å². The molecule has 0 amide bonds. The molecule has 3 aromatic rings. The number of oxazole rings is 1. The molecule has 2 aromatic carbocycles. The summed E-state index contributed by atoms with van der Waals surface area (Å²) < 4.78 is 11.4. The summed E-state index contributed by atoms with van der Waals surface area (Å²) in [6.45, 7) is 4.35. The number of nitrogens with zero attached hydrogens (tertiary/aromatic N) is 2. The predicted octanol–water partition coefficient (Wildman–Crippen LogP) is 4.78. The number of aromatic nitrogens is 1. The Kier molecular flexibility index (Phi) is 4.45. The first kappa shape index (κ1) is 16.2. The second-order valence-electron chi connectivity index (χ2n) is 6.81. The molecule has 1 aliphatic rings. The second kappa shape index (κ2) is 6.89. The van der Waals surface area contributed by atoms with E-state index < -0.39 is 0 Å². The molecule has 0 radical (unpaired) electrons. The lowest BCUT2D eigenvalue weighted by Gasteiger charge is -2.36. The quantitative estimate of drug-likeness (QED) is 0.687. The summed E-state index contributed by atoms with van der Waals surface area (Å²) >= 11 is 0. The summed E-state index contributed by atoms with van der Waals surface area (Å²) in [5.74, 6) is 2.15. The molecule has 0 bridgehead atoms. The van der Waals surface area contributed by atoms with E-state index in [1.54, 1.807) is 7.11 Å². The molecular formula is C21H24N2O2. The monoisotopic (exact) mass is 336 g/mol. The van der Waals surface area contributed by atoms with Crippen molar-refractivity contribution >= 4 is 11.1 Å². The van der Waals surface area contributed by atoms with Crippen molar-refractivity contribution in [1.82, 2.24) is 9.88 Å². The van der Waals surface area contributed by atoms with E-state index in [1.807, 2.05) is 30.3 Å². The zero-order valence-corrected chi connectivity index (χ0v) is 14.8. The van der Waals surface area contributed by atoms with E-state index in [9.17, 15) is 0 Å². The molecule has 2 heterocycles. The minimum Gasteiger partial charge on any atom is -0.497 e. The highest BCUT2D eigenvalue weighted by Gasteiger charge is 2.28. The van der Waals surface area contributed by atoms with Gasteiger partial charge in [0.1, 0.15) is 11.3 Å². The largest absolute Gasteiger partial charge is 0.497 e. The number of benzene rings is 2. The highest BCUT2D eigenvalue weighted by molar-refractivity contribution is 5.72. The first-order valence-corrected chi connectivity index (χ1v) is 8.98. The van der Waals surface area contributed by atoms with Crippen LogP contribution in [0.1, 0.15) is 43.2 Å². The van der Waals surface area contributed by atoms with E-state index in [0.29, 0.717) is 12.0 Å². The van der Waals surface area contributed by atoms with Crippen molar-refractivity contribution in [2.24, 2.45) is 0 Å². The molecule has 0 N–H and O–H groups in total. The van der Waals surface area contributed by atoms with Crippen LogP contribution in [-0.4, -0.2) is 30.1 Å². The molecule has 4 nitrogen and oxygen atoms in total. The van der Waals surface area contributed by atoms with Gasteiger partial charge in [-0.2, -0.15) is 0 Å². The molecule has 25 heavy (non-hydrogen) atoms. The molecular weight excluding hydrogens is 312 g/mol. The fraction of sp³-hybridized carbons (Fsp3) is 0.381. The fourth-order valence-electron chi connectivity index (χ4n) is 3.74. The molecule has 2 atom stereocenters. The number of hydrogen-bond acceptors (Lipinski definition) is 4. The van der Waals surface area contributed by atoms with Crippen LogP contribution >= 0.6 is 0 Å². The van der Waals surface area contributed by atoms with Crippen molar-refractivity contribution in [2.45, 2.75) is 31.7 Å². The van der Waals surface area contributed by atoms with Gasteiger partial charge in [-0.05, 0) is 56.1 Å². The van der Waals surface area contributed by atoms with Crippen molar-refractivity contribution in [2.75, 3.05) is 20.2 Å². The third-order valence-electron chi connectivity index (χ3n) is 5.24. The van der Waals surface area contributed by atoms with Crippen molar-refractivity contribution in [3.8, 4) is 5.75 Å². The third kappa shape index (κ3) is 3.27. The van der Waals surface area contributed by atoms with Crippen LogP contribution in [0.2, 0.25) is 0 Å². The first-order valence-electron chi connectivity index (χ1n) is 8.98. The Morgan fingerprint density at radius 1 is 1.20 bits per heavy atom. The summed E-state index contributed by atoms with van der Waals surface area (Å²) in [6.07, 6.45) is 2.30. The van der Waals surface area contributed by atoms with Gasteiger partial charge in [0, 0.05) is 18.5 Å². The second-order valence-corrected chi connectivity index (χ2v) is 6.81. The molecule has 130 valence electrons. The molecule has 4 rings (SSSR count). The van der Waals surface area contributed by atoms with Gasteiger partial charge in [-0.3, -0.25) is 4.90 Å². The Balaban J connectivity index is 1.53. The molecule has 1 saturated heterocycles. The van der Waals surface area contributed by atoms with Crippen molar-refractivity contribution in [3.05, 3.63) is 60.0 Å². The Labute approximate surface area is 148 Å². The SMILES string of the molecule is COc1cccc([C@@H](C)N2CCC[C@@H](c3nc4ccccc4o3)C2)c1. The molecule has 0 aliphatic carbocycles. The summed E-state index contributed by atoms with van der Waals surface area (Å²) in [5, 5.41) is 0. The third-order valence-corrected chi connectivity index (χ3v) is 5.24. The zero-order valence-electron chi connectivity index (χ0n) is 14.8. The van der Waals surface area contributed by atoms with Gasteiger partial charge < -0.3 is 9.15 Å². The van der Waals surface area contributed by atoms with Gasteiger partial charge >= 0.3 is 0 Å². The lowest BCUT2D eigenvalue weighted by Crippen LogP contribution is -2.36. The number of hydrogen-bond donors (Lipinski definition) is 0. The van der Waals surface area contributed by atoms with Crippen LogP contribution < -0.4 is 4.74 Å². The van der Waals surface area contributed by atoms with Crippen molar-refractivity contribution in [3.63, 3.8) is 0 Å². The Hall–Kier alpha value is -2.33. The van der Waals surface area contributed by atoms with E-state index >= 15 is 0 Å². The Morgan fingerprint density at radius 2 is 2.08 bits per heavy atom. The summed E-state index contributed by atoms with van der Waals surface area (Å²) in [6, 6.07) is 16.7. The number of para-hydroxylation sites is 2. The predicted molar refractivity (Wildman–Crippen MR) is 99.0 cm³/mol. The molecule has 0 unspecified atom stereocenters. The number of likely N-dealkylation sites (tertiary alicyclic amines) is 1. The number of methoxy groups -OCH3 is 1. The zero-order chi connectivity index (χ0) is 17.2. The van der Waals surface area contributed by atoms with Gasteiger partial charge in [0.15, 0.2) is 11.5 Å². The van der Waals surface area contributed by atoms with Crippen molar-refractivity contribution < 1.29 is 9.15 Å². The molecule has 0 spiro atoms. The molecule has 4 heteroatoms. The van der Waals surface area contributed by atoms with E-state index in [0.717, 1.165) is 48.7 Å². The van der Waals surface area contributed by atoms with E-state index in [4.69, 9.17) is 14.1 Å². The van der Waals surface area contributed by atoms with Crippen LogP contribution in [0.3, 0.4) is 0 Å². The van der Waals surface area contributed by atoms with Gasteiger partial charge in [0.05, 0.1) is 7.11 Å². The summed E-state index contributed by atoms with van der Waals surface area (Å²) in [5.41, 5.74) is 3.13. The lowest BCUT2D eigenvalue weighted by molar-refractivity contribution is 0.149. The Morgan fingerprint density at radius 3 is 2.92 bits per heavy atom. The number of rotatable bonds is 4. The molecule has 1 aliphatic heterocycles. The van der Waals surface area contributed by atoms with Gasteiger partial charge in [-0.25, -0.2) is 4.98 Å². The van der Waals surface area contributed by atoms with Crippen LogP contribution in [0, 0.1) is 0 Å². The normalized spacial score (nSPS) is 19.8. The summed E-state index contributed by atoms with van der Waals surface area (Å²) in [7, 11) is 1.72. The smallest absolute Gasteiger partial charge is 0.199 e.